The number of phenolic OH excluding ortho intramolecular Hbond substituents is 1. The lowest BCUT2D eigenvalue weighted by atomic mass is 10.2. The molecule has 0 aliphatic carbocycles. The van der Waals surface area contributed by atoms with Crippen LogP contribution in [0.5, 0.6) is 5.75 Å². The molecule has 1 atom stereocenters. The first-order chi connectivity index (χ1) is 9.24. The summed E-state index contributed by atoms with van der Waals surface area (Å²) in [5.74, 6) is 4.55. The zero-order valence-corrected chi connectivity index (χ0v) is 11.7. The molecule has 1 unspecified atom stereocenters. The van der Waals surface area contributed by atoms with E-state index in [2.05, 4.69) is 10.1 Å². The number of thioether (sulfide) groups is 2. The Hall–Kier alpha value is -1.34. The second kappa shape index (κ2) is 5.34. The lowest BCUT2D eigenvalue weighted by Gasteiger charge is -2.16. The smallest absolute Gasteiger partial charge is 0.258 e. The van der Waals surface area contributed by atoms with Gasteiger partial charge in [0.15, 0.2) is 5.82 Å². The van der Waals surface area contributed by atoms with Gasteiger partial charge in [0, 0.05) is 22.8 Å². The molecule has 0 spiro atoms. The van der Waals surface area contributed by atoms with E-state index in [0.717, 1.165) is 22.9 Å². The number of aromatic hydroxyl groups is 1. The summed E-state index contributed by atoms with van der Waals surface area (Å²) in [5, 5.41) is 13.7. The van der Waals surface area contributed by atoms with Crippen molar-refractivity contribution >= 4 is 29.2 Å². The van der Waals surface area contributed by atoms with Crippen LogP contribution in [0.1, 0.15) is 11.1 Å². The number of anilines is 1. The summed E-state index contributed by atoms with van der Waals surface area (Å²) in [4.78, 5) is 4.43. The zero-order valence-electron chi connectivity index (χ0n) is 10.1. The topological polar surface area (TPSA) is 85.2 Å². The van der Waals surface area contributed by atoms with Gasteiger partial charge in [-0.2, -0.15) is 16.7 Å². The first-order valence-electron chi connectivity index (χ1n) is 5.86. The van der Waals surface area contributed by atoms with E-state index < -0.39 is 0 Å². The zero-order chi connectivity index (χ0) is 13.2. The molecule has 2 aromatic rings. The van der Waals surface area contributed by atoms with Crippen LogP contribution in [0.4, 0.5) is 5.69 Å². The number of nitrogen functional groups attached to an aromatic ring is 1. The molecule has 100 valence electrons. The average molecular weight is 295 g/mol. The standard InChI is InChI=1S/C12H13N3O2S2/c13-8-5-7(1-2-9(8)16)12-14-11(15-17-12)10-6-18-3-4-19-10/h1-2,5,10,16H,3-4,6,13H2. The normalized spacial score (nSPS) is 19.5. The van der Waals surface area contributed by atoms with Gasteiger partial charge < -0.3 is 15.4 Å². The molecule has 1 fully saturated rings. The average Bonchev–Trinajstić information content (AvgIpc) is 2.93. The number of nitrogens with zero attached hydrogens (tertiary/aromatic N) is 2. The third-order valence-electron chi connectivity index (χ3n) is 2.82. The molecule has 5 nitrogen and oxygen atoms in total. The monoisotopic (exact) mass is 295 g/mol. The fourth-order valence-corrected chi connectivity index (χ4v) is 4.40. The van der Waals surface area contributed by atoms with Crippen LogP contribution in [0.2, 0.25) is 0 Å². The number of benzene rings is 1. The van der Waals surface area contributed by atoms with Gasteiger partial charge in [-0.25, -0.2) is 0 Å². The molecule has 0 amide bonds. The molecule has 1 saturated heterocycles. The Kier molecular flexibility index (Phi) is 3.56. The molecule has 3 N–H and O–H groups in total. The maximum Gasteiger partial charge on any atom is 0.258 e. The van der Waals surface area contributed by atoms with E-state index in [1.54, 1.807) is 12.1 Å². The van der Waals surface area contributed by atoms with Crippen molar-refractivity contribution in [1.29, 1.82) is 0 Å². The minimum Gasteiger partial charge on any atom is -0.506 e. The van der Waals surface area contributed by atoms with Gasteiger partial charge in [0.2, 0.25) is 0 Å². The summed E-state index contributed by atoms with van der Waals surface area (Å²) >= 11 is 3.77. The number of nitrogens with two attached hydrogens (primary N) is 1. The van der Waals surface area contributed by atoms with Crippen molar-refractivity contribution in [1.82, 2.24) is 10.1 Å². The van der Waals surface area contributed by atoms with Crippen LogP contribution >= 0.6 is 23.5 Å². The Balaban J connectivity index is 1.85. The van der Waals surface area contributed by atoms with Crippen molar-refractivity contribution in [2.24, 2.45) is 0 Å². The van der Waals surface area contributed by atoms with Crippen molar-refractivity contribution in [3.8, 4) is 17.2 Å². The molecule has 1 aromatic heterocycles. The second-order valence-electron chi connectivity index (χ2n) is 4.17. The SMILES string of the molecule is Nc1cc(-c2nc(C3CSCCS3)no2)ccc1O. The van der Waals surface area contributed by atoms with Gasteiger partial charge in [0.1, 0.15) is 5.75 Å². The van der Waals surface area contributed by atoms with E-state index in [4.69, 9.17) is 10.3 Å². The van der Waals surface area contributed by atoms with Gasteiger partial charge in [0.05, 0.1) is 10.9 Å². The van der Waals surface area contributed by atoms with Gasteiger partial charge in [0.25, 0.3) is 5.89 Å². The van der Waals surface area contributed by atoms with E-state index in [-0.39, 0.29) is 5.75 Å². The molecule has 7 heteroatoms. The summed E-state index contributed by atoms with van der Waals surface area (Å²) < 4.78 is 5.28. The molecule has 0 bridgehead atoms. The summed E-state index contributed by atoms with van der Waals surface area (Å²) in [6.45, 7) is 0. The Morgan fingerprint density at radius 1 is 1.37 bits per heavy atom. The van der Waals surface area contributed by atoms with Crippen LogP contribution in [-0.4, -0.2) is 32.5 Å². The van der Waals surface area contributed by atoms with Crippen LogP contribution in [0.3, 0.4) is 0 Å². The Morgan fingerprint density at radius 3 is 3.00 bits per heavy atom. The van der Waals surface area contributed by atoms with Crippen LogP contribution < -0.4 is 5.73 Å². The van der Waals surface area contributed by atoms with E-state index in [9.17, 15) is 5.11 Å². The van der Waals surface area contributed by atoms with Gasteiger partial charge in [-0.1, -0.05) is 5.16 Å². The largest absolute Gasteiger partial charge is 0.506 e. The van der Waals surface area contributed by atoms with E-state index in [0.29, 0.717) is 16.8 Å². The number of phenols is 1. The number of rotatable bonds is 2. The van der Waals surface area contributed by atoms with E-state index in [1.165, 1.54) is 11.8 Å². The molecular formula is C12H13N3O2S2. The van der Waals surface area contributed by atoms with Crippen LogP contribution in [0.25, 0.3) is 11.5 Å². The van der Waals surface area contributed by atoms with Crippen molar-refractivity contribution in [3.05, 3.63) is 24.0 Å². The van der Waals surface area contributed by atoms with Gasteiger partial charge in [-0.05, 0) is 18.2 Å². The van der Waals surface area contributed by atoms with Gasteiger partial charge >= 0.3 is 0 Å². The molecule has 2 heterocycles. The van der Waals surface area contributed by atoms with Crippen molar-refractivity contribution in [3.63, 3.8) is 0 Å². The van der Waals surface area contributed by atoms with Crippen LogP contribution in [0.15, 0.2) is 22.7 Å². The van der Waals surface area contributed by atoms with Crippen molar-refractivity contribution < 1.29 is 9.63 Å². The summed E-state index contributed by atoms with van der Waals surface area (Å²) in [6, 6.07) is 4.88. The Labute approximate surface area is 119 Å². The first-order valence-corrected chi connectivity index (χ1v) is 8.06. The molecule has 19 heavy (non-hydrogen) atoms. The highest BCUT2D eigenvalue weighted by atomic mass is 32.2. The van der Waals surface area contributed by atoms with E-state index >= 15 is 0 Å². The highest BCUT2D eigenvalue weighted by Crippen LogP contribution is 2.36. The summed E-state index contributed by atoms with van der Waals surface area (Å²) in [7, 11) is 0. The van der Waals surface area contributed by atoms with Crippen molar-refractivity contribution in [2.75, 3.05) is 23.0 Å². The molecular weight excluding hydrogens is 282 g/mol. The van der Waals surface area contributed by atoms with Crippen LogP contribution in [0, 0.1) is 0 Å². The quantitative estimate of drug-likeness (QED) is 0.650. The minimum absolute atomic E-state index is 0.0581. The number of hydrogen-bond donors (Lipinski definition) is 2. The predicted octanol–water partition coefficient (Wildman–Crippen LogP) is 2.55. The number of aromatic nitrogens is 2. The molecule has 0 saturated carbocycles. The predicted molar refractivity (Wildman–Crippen MR) is 78.3 cm³/mol. The van der Waals surface area contributed by atoms with Gasteiger partial charge in [-0.15, -0.1) is 11.8 Å². The molecule has 1 aromatic carbocycles. The Morgan fingerprint density at radius 2 is 2.26 bits per heavy atom. The maximum absolute atomic E-state index is 9.40. The van der Waals surface area contributed by atoms with Crippen LogP contribution in [-0.2, 0) is 0 Å². The molecule has 0 radical (unpaired) electrons. The number of hydrogen-bond acceptors (Lipinski definition) is 7. The Bertz CT molecular complexity index is 582. The fourth-order valence-electron chi connectivity index (χ4n) is 1.81. The first kappa shape index (κ1) is 12.7. The highest BCUT2D eigenvalue weighted by Gasteiger charge is 2.22. The summed E-state index contributed by atoms with van der Waals surface area (Å²) in [6.07, 6.45) is 0. The third kappa shape index (κ3) is 2.66. The second-order valence-corrected chi connectivity index (χ2v) is 6.63. The third-order valence-corrected chi connectivity index (χ3v) is 5.57. The summed E-state index contributed by atoms with van der Waals surface area (Å²) in [5.41, 5.74) is 6.69. The van der Waals surface area contributed by atoms with Crippen molar-refractivity contribution in [2.45, 2.75) is 5.25 Å². The molecule has 3 rings (SSSR count). The maximum atomic E-state index is 9.40. The fraction of sp³-hybridized carbons (Fsp3) is 0.333. The molecule has 1 aliphatic heterocycles. The minimum atomic E-state index is 0.0581. The lowest BCUT2D eigenvalue weighted by molar-refractivity contribution is 0.423. The van der Waals surface area contributed by atoms with E-state index in [1.807, 2.05) is 23.5 Å². The highest BCUT2D eigenvalue weighted by molar-refractivity contribution is 8.06. The lowest BCUT2D eigenvalue weighted by Crippen LogP contribution is -2.07. The van der Waals surface area contributed by atoms with Gasteiger partial charge in [-0.3, -0.25) is 0 Å². The molecule has 1 aliphatic rings.